The Morgan fingerprint density at radius 1 is 1.05 bits per heavy atom. The van der Waals surface area contributed by atoms with Crippen LogP contribution in [0.25, 0.3) is 0 Å². The minimum absolute atomic E-state index is 0.504. The first kappa shape index (κ1) is 12.1. The van der Waals surface area contributed by atoms with Gasteiger partial charge in [-0.05, 0) is 54.7 Å². The lowest BCUT2D eigenvalue weighted by molar-refractivity contribution is 0.414. The molecule has 0 aliphatic heterocycles. The second-order valence-electron chi connectivity index (χ2n) is 5.20. The lowest BCUT2D eigenvalue weighted by Crippen LogP contribution is -2.19. The lowest BCUT2D eigenvalue weighted by atomic mass is 10.1. The van der Waals surface area contributed by atoms with Crippen molar-refractivity contribution in [1.29, 1.82) is 0 Å². The minimum Gasteiger partial charge on any atom is -0.497 e. The largest absolute Gasteiger partial charge is 0.497 e. The molecule has 0 bridgehead atoms. The summed E-state index contributed by atoms with van der Waals surface area (Å²) in [4.78, 5) is 0. The van der Waals surface area contributed by atoms with Crippen molar-refractivity contribution in [3.63, 3.8) is 0 Å². The summed E-state index contributed by atoms with van der Waals surface area (Å²) in [6.07, 6.45) is 2.23. The molecule has 0 fully saturated rings. The number of anilines is 1. The second kappa shape index (κ2) is 4.96. The Labute approximate surface area is 114 Å². The highest BCUT2D eigenvalue weighted by molar-refractivity contribution is 5.55. The fourth-order valence-corrected chi connectivity index (χ4v) is 2.81. The Morgan fingerprint density at radius 3 is 2.32 bits per heavy atom. The maximum atomic E-state index is 5.24. The van der Waals surface area contributed by atoms with Crippen LogP contribution in [0.4, 0.5) is 5.69 Å². The normalized spacial score (nSPS) is 14.2. The Hall–Kier alpha value is -1.96. The van der Waals surface area contributed by atoms with Crippen LogP contribution in [0, 0.1) is 6.92 Å². The highest BCUT2D eigenvalue weighted by Crippen LogP contribution is 2.27. The fourth-order valence-electron chi connectivity index (χ4n) is 2.81. The molecular formula is C17H19NO. The molecule has 0 atom stereocenters. The van der Waals surface area contributed by atoms with E-state index in [1.54, 1.807) is 7.11 Å². The van der Waals surface area contributed by atoms with Gasteiger partial charge in [0.1, 0.15) is 5.75 Å². The van der Waals surface area contributed by atoms with Crippen LogP contribution in [-0.2, 0) is 12.8 Å². The fraction of sp³-hybridized carbons (Fsp3) is 0.294. The highest BCUT2D eigenvalue weighted by Gasteiger charge is 2.20. The van der Waals surface area contributed by atoms with E-state index in [1.165, 1.54) is 22.4 Å². The summed E-state index contributed by atoms with van der Waals surface area (Å²) in [6, 6.07) is 15.4. The molecule has 2 heteroatoms. The molecule has 0 spiro atoms. The van der Waals surface area contributed by atoms with E-state index in [2.05, 4.69) is 48.6 Å². The van der Waals surface area contributed by atoms with Gasteiger partial charge in [0.2, 0.25) is 0 Å². The summed E-state index contributed by atoms with van der Waals surface area (Å²) in [7, 11) is 1.70. The van der Waals surface area contributed by atoms with Crippen LogP contribution < -0.4 is 10.1 Å². The van der Waals surface area contributed by atoms with Crippen LogP contribution in [-0.4, -0.2) is 13.2 Å². The van der Waals surface area contributed by atoms with Crippen LogP contribution >= 0.6 is 0 Å². The molecule has 0 amide bonds. The molecule has 98 valence electrons. The Balaban J connectivity index is 1.74. The van der Waals surface area contributed by atoms with Gasteiger partial charge in [0.15, 0.2) is 0 Å². The molecule has 2 aromatic rings. The predicted molar refractivity (Wildman–Crippen MR) is 79.0 cm³/mol. The number of fused-ring (bicyclic) bond motifs is 1. The molecule has 0 heterocycles. The van der Waals surface area contributed by atoms with Gasteiger partial charge >= 0.3 is 0 Å². The third-order valence-corrected chi connectivity index (χ3v) is 3.84. The monoisotopic (exact) mass is 253 g/mol. The Bertz CT molecular complexity index is 567. The number of hydrogen-bond acceptors (Lipinski definition) is 2. The first-order chi connectivity index (χ1) is 9.26. The number of nitrogens with one attached hydrogen (secondary N) is 1. The average molecular weight is 253 g/mol. The molecule has 1 aliphatic carbocycles. The first-order valence-corrected chi connectivity index (χ1v) is 6.74. The average Bonchev–Trinajstić information content (AvgIpc) is 2.83. The van der Waals surface area contributed by atoms with Crippen LogP contribution in [0.5, 0.6) is 5.75 Å². The molecule has 1 aliphatic rings. The quantitative estimate of drug-likeness (QED) is 0.902. The van der Waals surface area contributed by atoms with Crippen molar-refractivity contribution in [2.75, 3.05) is 12.4 Å². The maximum Gasteiger partial charge on any atom is 0.119 e. The zero-order valence-electron chi connectivity index (χ0n) is 11.4. The van der Waals surface area contributed by atoms with Crippen molar-refractivity contribution < 1.29 is 4.74 Å². The summed E-state index contributed by atoms with van der Waals surface area (Å²) in [5, 5.41) is 3.65. The molecule has 0 radical (unpaired) electrons. The summed E-state index contributed by atoms with van der Waals surface area (Å²) < 4.78 is 5.24. The SMILES string of the molecule is COc1ccc(NC2Cc3ccccc3C2)c(C)c1. The van der Waals surface area contributed by atoms with Crippen molar-refractivity contribution in [2.24, 2.45) is 0 Å². The van der Waals surface area contributed by atoms with Gasteiger partial charge in [-0.3, -0.25) is 0 Å². The molecule has 2 nitrogen and oxygen atoms in total. The zero-order chi connectivity index (χ0) is 13.2. The molecule has 0 saturated heterocycles. The third kappa shape index (κ3) is 2.43. The van der Waals surface area contributed by atoms with E-state index in [0.717, 1.165) is 18.6 Å². The number of methoxy groups -OCH3 is 1. The highest BCUT2D eigenvalue weighted by atomic mass is 16.5. The van der Waals surface area contributed by atoms with Crippen molar-refractivity contribution in [2.45, 2.75) is 25.8 Å². The van der Waals surface area contributed by atoms with E-state index in [9.17, 15) is 0 Å². The van der Waals surface area contributed by atoms with Crippen LogP contribution in [0.2, 0.25) is 0 Å². The van der Waals surface area contributed by atoms with Crippen molar-refractivity contribution in [3.8, 4) is 5.75 Å². The number of hydrogen-bond donors (Lipinski definition) is 1. The zero-order valence-corrected chi connectivity index (χ0v) is 11.4. The maximum absolute atomic E-state index is 5.24. The standard InChI is InChI=1S/C17H19NO/c1-12-9-16(19-2)7-8-17(12)18-15-10-13-5-3-4-6-14(13)11-15/h3-9,15,18H,10-11H2,1-2H3. The summed E-state index contributed by atoms with van der Waals surface area (Å²) in [5.41, 5.74) is 5.39. The van der Waals surface area contributed by atoms with Crippen molar-refractivity contribution >= 4 is 5.69 Å². The molecule has 3 rings (SSSR count). The van der Waals surface area contributed by atoms with Crippen molar-refractivity contribution in [1.82, 2.24) is 0 Å². The van der Waals surface area contributed by atoms with Gasteiger partial charge in [0, 0.05) is 11.7 Å². The van der Waals surface area contributed by atoms with Crippen molar-refractivity contribution in [3.05, 3.63) is 59.2 Å². The predicted octanol–water partition coefficient (Wildman–Crippen LogP) is 3.58. The van der Waals surface area contributed by atoms with Gasteiger partial charge in [-0.2, -0.15) is 0 Å². The second-order valence-corrected chi connectivity index (χ2v) is 5.20. The van der Waals surface area contributed by atoms with Gasteiger partial charge < -0.3 is 10.1 Å². The molecule has 1 N–H and O–H groups in total. The number of benzene rings is 2. The van der Waals surface area contributed by atoms with E-state index in [4.69, 9.17) is 4.74 Å². The Kier molecular flexibility index (Phi) is 3.16. The van der Waals surface area contributed by atoms with E-state index in [1.807, 2.05) is 6.07 Å². The van der Waals surface area contributed by atoms with Gasteiger partial charge in [-0.1, -0.05) is 24.3 Å². The minimum atomic E-state index is 0.504. The number of rotatable bonds is 3. The molecule has 0 saturated carbocycles. The number of aryl methyl sites for hydroxylation is 1. The van der Waals surface area contributed by atoms with Gasteiger partial charge in [0.25, 0.3) is 0 Å². The van der Waals surface area contributed by atoms with E-state index < -0.39 is 0 Å². The Morgan fingerprint density at radius 2 is 1.74 bits per heavy atom. The van der Waals surface area contributed by atoms with E-state index in [0.29, 0.717) is 6.04 Å². The van der Waals surface area contributed by atoms with Crippen LogP contribution in [0.15, 0.2) is 42.5 Å². The summed E-state index contributed by atoms with van der Waals surface area (Å²) in [5.74, 6) is 0.915. The summed E-state index contributed by atoms with van der Waals surface area (Å²) in [6.45, 7) is 2.12. The van der Waals surface area contributed by atoms with Gasteiger partial charge in [-0.15, -0.1) is 0 Å². The van der Waals surface area contributed by atoms with E-state index in [-0.39, 0.29) is 0 Å². The lowest BCUT2D eigenvalue weighted by Gasteiger charge is -2.16. The molecule has 19 heavy (non-hydrogen) atoms. The number of ether oxygens (including phenoxy) is 1. The van der Waals surface area contributed by atoms with Crippen LogP contribution in [0.3, 0.4) is 0 Å². The van der Waals surface area contributed by atoms with Gasteiger partial charge in [0.05, 0.1) is 7.11 Å². The first-order valence-electron chi connectivity index (χ1n) is 6.74. The topological polar surface area (TPSA) is 21.3 Å². The molecule has 0 aromatic heterocycles. The van der Waals surface area contributed by atoms with Gasteiger partial charge in [-0.25, -0.2) is 0 Å². The summed E-state index contributed by atoms with van der Waals surface area (Å²) >= 11 is 0. The third-order valence-electron chi connectivity index (χ3n) is 3.84. The van der Waals surface area contributed by atoms with Crippen LogP contribution in [0.1, 0.15) is 16.7 Å². The molecule has 2 aromatic carbocycles. The molecule has 0 unspecified atom stereocenters. The molecular weight excluding hydrogens is 234 g/mol. The van der Waals surface area contributed by atoms with E-state index >= 15 is 0 Å². The smallest absolute Gasteiger partial charge is 0.119 e.